The molecule has 752 valence electrons. The lowest BCUT2D eigenvalue weighted by atomic mass is 9.91. The maximum absolute atomic E-state index is 14.0. The van der Waals surface area contributed by atoms with E-state index in [9.17, 15) is 190 Å². The van der Waals surface area contributed by atoms with E-state index in [1.165, 1.54) is 0 Å². The Morgan fingerprint density at radius 3 is 1.23 bits per heavy atom. The predicted octanol–water partition coefficient (Wildman–Crippen LogP) is -20.0. The van der Waals surface area contributed by atoms with Crippen molar-refractivity contribution in [2.75, 3.05) is 92.3 Å². The molecule has 0 aromatic heterocycles. The highest BCUT2D eigenvalue weighted by Gasteiger charge is 2.65. The van der Waals surface area contributed by atoms with Crippen LogP contribution < -0.4 is 17.2 Å². The number of carbonyl (C=O) groups is 1. The standard InChI is InChI=1S/C59H110N3O61P5/c60-1-4-101-125(93,94)121-23(14-69)44-29(77)30(78)48(116-57-50(47(122-126(95,96)102-5-2-61)37(85)39(109-57)16(70)8-63)118-54-36(84)32(80)43(22(13-68)107-54)112-53-35(83)31(79)42(21(12-67)106-53)111-51-33(81)27(75)25(73)20(11-66)105-51)56(113-44)115-46-38(86)55(110-40(17(71)9-64)49(46)117-52-34(82)28(76)26(74)24(108-52)15-104-124(90,91)92)114-45-19(120-128(99,100)123-127(97,98)103-6-3-62)7-59(89,58(87)88)119-41(45)18(72)10-65/h16-57,63-86,89H,1-15,60-62H2,(H,87,88)(H,93,94)(H,95,96)(H,97,98)(H,99,100)(H2,90,91,92)/t16-,17-,18+,19+,20+,21+,22+,23-,24+,25-,26+,27-,28-,29-,30-,31+,32+,33+,34+,35+,36+,37+,38-,39+,40+,41+,42-,43+,44+,45+,46+,47-,48-,49+,50-,51+,52-,53-,54-,55+,56+,57+,59+/m0/s1. The van der Waals surface area contributed by atoms with Crippen LogP contribution in [0.2, 0.25) is 0 Å². The van der Waals surface area contributed by atoms with Gasteiger partial charge in [-0.15, -0.1) is 0 Å². The van der Waals surface area contributed by atoms with E-state index in [4.69, 9.17) is 111 Å². The molecule has 0 aliphatic carbocycles. The van der Waals surface area contributed by atoms with Gasteiger partial charge in [0.15, 0.2) is 44.0 Å². The van der Waals surface area contributed by atoms with Gasteiger partial charge in [0.05, 0.1) is 72.7 Å². The summed E-state index contributed by atoms with van der Waals surface area (Å²) in [4.78, 5) is 75.5. The number of phosphoric acid groups is 5. The summed E-state index contributed by atoms with van der Waals surface area (Å²) in [5, 5.41) is 292. The first kappa shape index (κ1) is 112. The molecule has 0 bridgehead atoms. The minimum absolute atomic E-state index is 0.554. The fourth-order valence-electron chi connectivity index (χ4n) is 14.2. The summed E-state index contributed by atoms with van der Waals surface area (Å²) < 4.78 is 192. The van der Waals surface area contributed by atoms with Crippen LogP contribution in [0.5, 0.6) is 0 Å². The smallest absolute Gasteiger partial charge is 0.477 e. The lowest BCUT2D eigenvalue weighted by Crippen LogP contribution is -2.71. The first-order valence-corrected chi connectivity index (χ1v) is 45.8. The lowest BCUT2D eigenvalue weighted by Gasteiger charge is -2.53. The van der Waals surface area contributed by atoms with E-state index in [1.807, 2.05) is 0 Å². The van der Waals surface area contributed by atoms with E-state index in [0.29, 0.717) is 0 Å². The Labute approximate surface area is 719 Å². The van der Waals surface area contributed by atoms with Crippen molar-refractivity contribution in [3.05, 3.63) is 0 Å². The highest BCUT2D eigenvalue weighted by molar-refractivity contribution is 7.61. The molecule has 47 atom stereocenters. The van der Waals surface area contributed by atoms with Gasteiger partial charge in [0.1, 0.15) is 214 Å². The largest absolute Gasteiger partial charge is 0.481 e. The topological polar surface area (TPSA) is 1040 Å². The van der Waals surface area contributed by atoms with E-state index < -0.39 is 407 Å². The van der Waals surface area contributed by atoms with E-state index in [0.717, 1.165) is 0 Å². The lowest BCUT2D eigenvalue weighted by molar-refractivity contribution is -0.420. The van der Waals surface area contributed by atoms with Crippen LogP contribution in [-0.4, -0.2) is 524 Å². The number of nitrogens with two attached hydrogens (primary N) is 3. The molecular formula is C59H110N3O61P5. The van der Waals surface area contributed by atoms with Gasteiger partial charge in [-0.05, 0) is 0 Å². The molecule has 4 unspecified atom stereocenters. The van der Waals surface area contributed by atoms with Gasteiger partial charge in [-0.25, -0.2) is 27.6 Å². The van der Waals surface area contributed by atoms with Crippen LogP contribution in [0.3, 0.4) is 0 Å². The van der Waals surface area contributed by atoms with Crippen molar-refractivity contribution < 1.29 is 297 Å². The van der Waals surface area contributed by atoms with Gasteiger partial charge in [0.2, 0.25) is 0 Å². The molecule has 8 aliphatic rings. The van der Waals surface area contributed by atoms with Gasteiger partial charge >= 0.3 is 45.1 Å². The van der Waals surface area contributed by atoms with Crippen molar-refractivity contribution in [2.24, 2.45) is 17.2 Å². The third-order valence-electron chi connectivity index (χ3n) is 20.5. The number of aliphatic carboxylic acids is 1. The number of phosphoric ester groups is 5. The molecule has 0 aromatic rings. The van der Waals surface area contributed by atoms with Crippen molar-refractivity contribution >= 4 is 45.1 Å². The Hall–Kier alpha value is -1.66. The van der Waals surface area contributed by atoms with Gasteiger partial charge in [-0.3, -0.25) is 31.7 Å². The molecule has 64 nitrogen and oxygen atoms in total. The summed E-state index contributed by atoms with van der Waals surface area (Å²) in [7, 11) is -29.5. The van der Waals surface area contributed by atoms with Crippen molar-refractivity contribution in [3.8, 4) is 0 Å². The minimum Gasteiger partial charge on any atom is -0.477 e. The molecule has 128 heavy (non-hydrogen) atoms. The third-order valence-corrected chi connectivity index (χ3v) is 25.7. The summed E-state index contributed by atoms with van der Waals surface area (Å²) in [5.74, 6) is -6.29. The van der Waals surface area contributed by atoms with Crippen molar-refractivity contribution in [1.82, 2.24) is 0 Å². The Balaban J connectivity index is 1.29. The van der Waals surface area contributed by atoms with Crippen LogP contribution in [0.1, 0.15) is 6.42 Å². The van der Waals surface area contributed by atoms with Crippen LogP contribution in [-0.2, 0) is 135 Å². The van der Waals surface area contributed by atoms with Crippen LogP contribution >= 0.6 is 39.1 Å². The van der Waals surface area contributed by atoms with Gasteiger partial charge in [0.25, 0.3) is 5.79 Å². The quantitative estimate of drug-likeness (QED) is 0.0252. The predicted molar refractivity (Wildman–Crippen MR) is 387 cm³/mol. The van der Waals surface area contributed by atoms with Crippen LogP contribution in [0.25, 0.3) is 0 Å². The second kappa shape index (κ2) is 47.8. The molecule has 8 saturated heterocycles. The first-order chi connectivity index (χ1) is 59.8. The zero-order valence-electron chi connectivity index (χ0n) is 66.0. The van der Waals surface area contributed by atoms with Crippen molar-refractivity contribution in [1.29, 1.82) is 0 Å². The maximum Gasteiger partial charge on any atom is 0.481 e. The number of hydrogen-bond donors (Lipinski definition) is 35. The molecule has 8 fully saturated rings. The molecule has 38 N–H and O–H groups in total. The molecule has 0 saturated carbocycles. The Morgan fingerprint density at radius 2 is 0.750 bits per heavy atom. The summed E-state index contributed by atoms with van der Waals surface area (Å²) in [6.45, 7) is -16.1. The Kier molecular flexibility index (Phi) is 41.7. The highest BCUT2D eigenvalue weighted by atomic mass is 31.3. The molecule has 0 spiro atoms. The Morgan fingerprint density at radius 1 is 0.359 bits per heavy atom. The average Bonchev–Trinajstić information content (AvgIpc) is 0.753. The highest BCUT2D eigenvalue weighted by Crippen LogP contribution is 2.62. The maximum atomic E-state index is 14.0. The number of aliphatic hydroxyl groups is 25. The second-order valence-electron chi connectivity index (χ2n) is 29.5. The fourth-order valence-corrected chi connectivity index (χ4v) is 18.7. The number of rotatable bonds is 46. The fraction of sp³-hybridized carbons (Fsp3) is 0.983. The zero-order chi connectivity index (χ0) is 95.7. The monoisotopic (exact) mass is 1990 g/mol. The molecule has 0 radical (unpaired) electrons. The summed E-state index contributed by atoms with van der Waals surface area (Å²) >= 11 is 0. The van der Waals surface area contributed by atoms with Gasteiger partial charge in [-0.2, -0.15) is 4.31 Å². The number of ether oxygens (including phenoxy) is 15. The van der Waals surface area contributed by atoms with Crippen LogP contribution in [0, 0.1) is 0 Å². The third kappa shape index (κ3) is 27.5. The van der Waals surface area contributed by atoms with Crippen molar-refractivity contribution in [2.45, 2.75) is 270 Å². The molecule has 69 heteroatoms. The summed E-state index contributed by atoms with van der Waals surface area (Å²) in [6, 6.07) is 0. The van der Waals surface area contributed by atoms with Crippen molar-refractivity contribution in [3.63, 3.8) is 0 Å². The molecular weight excluding hydrogens is 1880 g/mol. The number of hydrogen-bond acceptors (Lipinski definition) is 57. The van der Waals surface area contributed by atoms with Gasteiger partial charge in [-0.1, -0.05) is 0 Å². The zero-order valence-corrected chi connectivity index (χ0v) is 70.4. The first-order valence-electron chi connectivity index (χ1n) is 38.2. The second-order valence-corrected chi connectivity index (χ2v) is 36.5. The van der Waals surface area contributed by atoms with E-state index in [1.54, 1.807) is 0 Å². The Bertz CT molecular complexity index is 3660. The molecule has 8 rings (SSSR count). The number of aliphatic hydroxyl groups excluding tert-OH is 24. The van der Waals surface area contributed by atoms with Gasteiger partial charge in [0, 0.05) is 26.1 Å². The number of carboxylic acids is 1. The van der Waals surface area contributed by atoms with E-state index in [2.05, 4.69) is 13.4 Å². The van der Waals surface area contributed by atoms with Gasteiger partial charge < -0.3 is 250 Å². The van der Waals surface area contributed by atoms with E-state index >= 15 is 0 Å². The molecule has 0 amide bonds. The minimum atomic E-state index is -6.43. The normalized spacial score (nSPS) is 44.1. The number of carboxylic acid groups (broad SMARTS) is 1. The summed E-state index contributed by atoms with van der Waals surface area (Å²) in [6.07, 6.45) is -112. The van der Waals surface area contributed by atoms with Crippen LogP contribution in [0.15, 0.2) is 0 Å². The molecule has 0 aromatic carbocycles. The SMILES string of the molecule is NCCOP(=O)(O)O[C@H]1[C@H](O)[C@@H]([C@@H](O)CO)O[C@H](O[C@@H]2[C@@H](O[C@@H]3[C@H](O)[C@@H](O[C@H]4[C@@H]([C@H](O)CO)O[C@@](O)(C(=O)O)C[C@H]4OP(=O)(O)OP(=O)(O)OCCN)O[C@H]([C@@H](O)CO)[C@H]3O[C@@H]3O[C@H](COP(=O)(O)O)[C@@H](O)[C@H](O)[C@H]3O)O[C@H]([C@H](CO)OP(=O)(O)OCCN)[C@@H](O)[C@@H]2O)[C@H]1O[C@@H]1O[C@H](CO)[C@@H](O[C@@H]2O[C@H](CO)[C@H](O[C@H]3O[C@H](CO)[C@H](O)[C@H](O)[C@H]3O)[C@H](O)[C@H]2O)[C@H](O)[C@H]1O. The van der Waals surface area contributed by atoms with Crippen LogP contribution in [0.4, 0.5) is 0 Å². The van der Waals surface area contributed by atoms with E-state index in [-0.39, 0.29) is 0 Å². The molecule has 8 aliphatic heterocycles. The average molecular weight is 1990 g/mol. The summed E-state index contributed by atoms with van der Waals surface area (Å²) in [5.41, 5.74) is 16.3. The molecule has 8 heterocycles.